The molecular formula is C34H36N2O. The van der Waals surface area contributed by atoms with E-state index in [1.54, 1.807) is 5.57 Å². The van der Waals surface area contributed by atoms with Gasteiger partial charge in [-0.15, -0.1) is 0 Å². The number of aryl methyl sites for hydroxylation is 3. The third-order valence-corrected chi connectivity index (χ3v) is 8.62. The van der Waals surface area contributed by atoms with Gasteiger partial charge < -0.3 is 0 Å². The summed E-state index contributed by atoms with van der Waals surface area (Å²) in [5.74, 6) is 0.858. The number of allylic oxidation sites excluding steroid dienone is 6. The van der Waals surface area contributed by atoms with Crippen LogP contribution in [-0.4, -0.2) is 15.6 Å². The molecule has 1 unspecified atom stereocenters. The van der Waals surface area contributed by atoms with Crippen molar-refractivity contribution in [2.24, 2.45) is 11.8 Å². The largest absolute Gasteiger partial charge is 0.293 e. The Bertz CT molecular complexity index is 1460. The number of hydrogen-bond donors (Lipinski definition) is 0. The second-order valence-electron chi connectivity index (χ2n) is 11.3. The van der Waals surface area contributed by atoms with Crippen LogP contribution in [0.4, 0.5) is 0 Å². The van der Waals surface area contributed by atoms with Crippen LogP contribution < -0.4 is 0 Å². The van der Waals surface area contributed by atoms with Crippen molar-refractivity contribution in [2.45, 2.75) is 65.8 Å². The van der Waals surface area contributed by atoms with E-state index in [1.165, 1.54) is 33.4 Å². The van der Waals surface area contributed by atoms with Crippen molar-refractivity contribution in [3.05, 3.63) is 112 Å². The Morgan fingerprint density at radius 1 is 1.03 bits per heavy atom. The summed E-state index contributed by atoms with van der Waals surface area (Å²) in [5.41, 5.74) is 13.0. The Morgan fingerprint density at radius 2 is 1.89 bits per heavy atom. The number of aromatic nitrogens is 2. The van der Waals surface area contributed by atoms with Gasteiger partial charge in [-0.25, -0.2) is 0 Å². The van der Waals surface area contributed by atoms with Gasteiger partial charge in [0, 0.05) is 24.2 Å². The molecule has 2 aromatic carbocycles. The molecule has 0 N–H and O–H groups in total. The van der Waals surface area contributed by atoms with Crippen molar-refractivity contribution in [3.63, 3.8) is 0 Å². The second-order valence-corrected chi connectivity index (χ2v) is 11.3. The molecule has 0 radical (unpaired) electrons. The lowest BCUT2D eigenvalue weighted by Crippen LogP contribution is -2.28. The Morgan fingerprint density at radius 3 is 2.70 bits per heavy atom. The molecule has 0 saturated carbocycles. The summed E-state index contributed by atoms with van der Waals surface area (Å²) in [6.45, 7) is 7.20. The predicted molar refractivity (Wildman–Crippen MR) is 151 cm³/mol. The van der Waals surface area contributed by atoms with Crippen LogP contribution >= 0.6 is 0 Å². The summed E-state index contributed by atoms with van der Waals surface area (Å²) in [6.07, 6.45) is 10.6. The summed E-state index contributed by atoms with van der Waals surface area (Å²) in [4.78, 5) is 13.9. The van der Waals surface area contributed by atoms with Crippen LogP contribution in [0.2, 0.25) is 0 Å². The Kier molecular flexibility index (Phi) is 6.32. The van der Waals surface area contributed by atoms with Gasteiger partial charge in [-0.05, 0) is 105 Å². The van der Waals surface area contributed by atoms with Crippen molar-refractivity contribution in [2.75, 3.05) is 0 Å². The van der Waals surface area contributed by atoms with Crippen LogP contribution in [-0.2, 0) is 17.8 Å². The van der Waals surface area contributed by atoms with E-state index in [9.17, 15) is 4.79 Å². The molecule has 3 heteroatoms. The fraction of sp³-hybridized carbons (Fsp3) is 0.353. The molecule has 1 aromatic heterocycles. The molecule has 3 aliphatic rings. The topological polar surface area (TPSA) is 34.9 Å². The Hall–Kier alpha value is -3.46. The Balaban J connectivity index is 1.30. The average Bonchev–Trinajstić information content (AvgIpc) is 3.45. The molecule has 0 aliphatic heterocycles. The standard InChI is InChI=1S/C34H36N2O/c1-22-7-6-9-26(17-22)33-21-28-19-25(20-32-23(2)18-27-8-4-5-10-29(27)32)11-12-30(28)31(34(33)37)14-16-36-15-13-24(3)35-36/h4-10,13,15,17,21,25,31H,11-12,14,16,18-20H2,1-3H3/t25-,31?/m1/s1. The SMILES string of the molecule is CC1=C(C[C@@H]2CCC3=C(C=C(c4cccc(C)c4)C(=O)C3CCn3ccc(C)n3)C2)c2ccccc2C1. The van der Waals surface area contributed by atoms with Crippen LogP contribution in [0.1, 0.15) is 67.0 Å². The van der Waals surface area contributed by atoms with Crippen LogP contribution in [0.5, 0.6) is 0 Å². The lowest BCUT2D eigenvalue weighted by Gasteiger charge is -2.34. The van der Waals surface area contributed by atoms with Gasteiger partial charge in [-0.1, -0.05) is 65.2 Å². The highest BCUT2D eigenvalue weighted by Crippen LogP contribution is 2.46. The first kappa shape index (κ1) is 23.9. The molecule has 3 aliphatic carbocycles. The van der Waals surface area contributed by atoms with Gasteiger partial charge >= 0.3 is 0 Å². The lowest BCUT2D eigenvalue weighted by molar-refractivity contribution is -0.116. The number of ketones is 1. The van der Waals surface area contributed by atoms with Crippen molar-refractivity contribution in [1.29, 1.82) is 0 Å². The van der Waals surface area contributed by atoms with Gasteiger partial charge in [0.1, 0.15) is 0 Å². The number of carbonyl (C=O) groups excluding carboxylic acids is 1. The van der Waals surface area contributed by atoms with E-state index in [1.807, 2.05) is 23.9 Å². The Labute approximate surface area is 220 Å². The number of rotatable bonds is 6. The van der Waals surface area contributed by atoms with Gasteiger partial charge in [0.05, 0.1) is 5.69 Å². The van der Waals surface area contributed by atoms with E-state index in [2.05, 4.69) is 73.6 Å². The minimum Gasteiger partial charge on any atom is -0.293 e. The minimum atomic E-state index is -0.0471. The molecule has 6 rings (SSSR count). The molecule has 0 bridgehead atoms. The minimum absolute atomic E-state index is 0.0471. The van der Waals surface area contributed by atoms with E-state index in [4.69, 9.17) is 0 Å². The van der Waals surface area contributed by atoms with E-state index < -0.39 is 0 Å². The van der Waals surface area contributed by atoms with Crippen molar-refractivity contribution < 1.29 is 4.79 Å². The summed E-state index contributed by atoms with van der Waals surface area (Å²) >= 11 is 0. The zero-order valence-electron chi connectivity index (χ0n) is 22.3. The zero-order valence-corrected chi connectivity index (χ0v) is 22.3. The molecule has 37 heavy (non-hydrogen) atoms. The highest BCUT2D eigenvalue weighted by Gasteiger charge is 2.35. The number of hydrogen-bond acceptors (Lipinski definition) is 2. The second kappa shape index (κ2) is 9.78. The van der Waals surface area contributed by atoms with Crippen LogP contribution in [0, 0.1) is 25.7 Å². The normalized spacial score (nSPS) is 21.3. The van der Waals surface area contributed by atoms with Gasteiger partial charge in [0.15, 0.2) is 5.78 Å². The molecule has 3 aromatic rings. The van der Waals surface area contributed by atoms with Gasteiger partial charge in [0.25, 0.3) is 0 Å². The van der Waals surface area contributed by atoms with Crippen LogP contribution in [0.15, 0.2) is 83.6 Å². The highest BCUT2D eigenvalue weighted by molar-refractivity contribution is 6.24. The fourth-order valence-electron chi connectivity index (χ4n) is 6.74. The van der Waals surface area contributed by atoms with Gasteiger partial charge in [0.2, 0.25) is 0 Å². The maximum Gasteiger partial charge on any atom is 0.170 e. The monoisotopic (exact) mass is 488 g/mol. The maximum absolute atomic E-state index is 13.9. The fourth-order valence-corrected chi connectivity index (χ4v) is 6.74. The lowest BCUT2D eigenvalue weighted by atomic mass is 9.69. The zero-order chi connectivity index (χ0) is 25.5. The van der Waals surface area contributed by atoms with E-state index >= 15 is 0 Å². The van der Waals surface area contributed by atoms with Crippen molar-refractivity contribution in [1.82, 2.24) is 9.78 Å². The van der Waals surface area contributed by atoms with Crippen molar-refractivity contribution in [3.8, 4) is 0 Å². The number of carbonyl (C=O) groups is 1. The van der Waals surface area contributed by atoms with Gasteiger partial charge in [-0.3, -0.25) is 9.48 Å². The smallest absolute Gasteiger partial charge is 0.170 e. The first-order valence-corrected chi connectivity index (χ1v) is 13.8. The third-order valence-electron chi connectivity index (χ3n) is 8.62. The highest BCUT2D eigenvalue weighted by atomic mass is 16.1. The third kappa shape index (κ3) is 4.68. The molecule has 0 amide bonds. The summed E-state index contributed by atoms with van der Waals surface area (Å²) in [5, 5.41) is 4.58. The molecule has 1 heterocycles. The van der Waals surface area contributed by atoms with E-state index in [0.717, 1.165) is 61.9 Å². The number of nitrogens with zero attached hydrogens (tertiary/aromatic N) is 2. The quantitative estimate of drug-likeness (QED) is 0.356. The maximum atomic E-state index is 13.9. The summed E-state index contributed by atoms with van der Waals surface area (Å²) in [6, 6.07) is 19.4. The molecule has 3 nitrogen and oxygen atoms in total. The summed E-state index contributed by atoms with van der Waals surface area (Å²) in [7, 11) is 0. The van der Waals surface area contributed by atoms with Gasteiger partial charge in [-0.2, -0.15) is 5.10 Å². The number of fused-ring (bicyclic) bond motifs is 1. The molecule has 0 spiro atoms. The van der Waals surface area contributed by atoms with E-state index in [0.29, 0.717) is 5.92 Å². The molecule has 0 fully saturated rings. The van der Waals surface area contributed by atoms with Crippen LogP contribution in [0.25, 0.3) is 11.1 Å². The molecular weight excluding hydrogens is 452 g/mol. The first-order valence-electron chi connectivity index (χ1n) is 13.8. The number of Topliss-reactive ketones (excluding diaryl/α,β-unsaturated/α-hetero) is 1. The molecule has 188 valence electrons. The van der Waals surface area contributed by atoms with E-state index in [-0.39, 0.29) is 11.7 Å². The van der Waals surface area contributed by atoms with Crippen LogP contribution in [0.3, 0.4) is 0 Å². The molecule has 2 atom stereocenters. The predicted octanol–water partition coefficient (Wildman–Crippen LogP) is 7.69. The summed E-state index contributed by atoms with van der Waals surface area (Å²) < 4.78 is 1.99. The number of benzene rings is 2. The first-order chi connectivity index (χ1) is 18.0. The molecule has 0 saturated heterocycles. The van der Waals surface area contributed by atoms with Crippen molar-refractivity contribution >= 4 is 16.9 Å². The average molecular weight is 489 g/mol.